The van der Waals surface area contributed by atoms with Gasteiger partial charge in [-0.1, -0.05) is 55.3 Å². The Labute approximate surface area is 274 Å². The first-order chi connectivity index (χ1) is 22.6. The van der Waals surface area contributed by atoms with Gasteiger partial charge in [-0.05, 0) is 105 Å². The maximum absolute atomic E-state index is 12.4. The SMILES string of the molecule is C=CC(=O)Oc1ccc(C#Cc2ccc(C#Cc3ccc(C#Cc4ccc(OC(=O)C(=C)C)cc4)cc3)c(OC(=O)C(=C)C)c2)cc1. The molecule has 0 unspecified atom stereocenters. The van der Waals surface area contributed by atoms with Gasteiger partial charge in [-0.25, -0.2) is 14.4 Å². The van der Waals surface area contributed by atoms with E-state index >= 15 is 0 Å². The van der Waals surface area contributed by atoms with Gasteiger partial charge in [0.2, 0.25) is 0 Å². The molecule has 0 radical (unpaired) electrons. The van der Waals surface area contributed by atoms with Crippen molar-refractivity contribution in [2.45, 2.75) is 13.8 Å². The fourth-order valence-electron chi connectivity index (χ4n) is 3.60. The normalized spacial score (nSPS) is 9.49. The minimum atomic E-state index is -0.576. The molecule has 0 aliphatic heterocycles. The first kappa shape index (κ1) is 33.1. The highest BCUT2D eigenvalue weighted by Gasteiger charge is 2.10. The van der Waals surface area contributed by atoms with E-state index in [1.165, 1.54) is 0 Å². The van der Waals surface area contributed by atoms with Gasteiger partial charge in [-0.15, -0.1) is 0 Å². The molecular formula is C41H28O6. The van der Waals surface area contributed by atoms with Crippen LogP contribution in [0.4, 0.5) is 0 Å². The van der Waals surface area contributed by atoms with Crippen molar-refractivity contribution < 1.29 is 28.6 Å². The molecule has 0 atom stereocenters. The quantitative estimate of drug-likeness (QED) is 0.101. The van der Waals surface area contributed by atoms with Crippen LogP contribution in [0.25, 0.3) is 0 Å². The maximum atomic E-state index is 12.4. The van der Waals surface area contributed by atoms with Gasteiger partial charge < -0.3 is 14.2 Å². The number of benzene rings is 4. The molecule has 6 nitrogen and oxygen atoms in total. The van der Waals surface area contributed by atoms with Crippen LogP contribution < -0.4 is 14.2 Å². The third-order valence-electron chi connectivity index (χ3n) is 6.11. The molecule has 228 valence electrons. The number of hydrogen-bond donors (Lipinski definition) is 0. The number of carbonyl (C=O) groups excluding carboxylic acids is 3. The number of carbonyl (C=O) groups is 3. The summed E-state index contributed by atoms with van der Waals surface area (Å²) in [7, 11) is 0. The number of ether oxygens (including phenoxy) is 3. The Kier molecular flexibility index (Phi) is 11.1. The van der Waals surface area contributed by atoms with Crippen molar-refractivity contribution in [3.63, 3.8) is 0 Å². The predicted molar refractivity (Wildman–Crippen MR) is 180 cm³/mol. The van der Waals surface area contributed by atoms with Gasteiger partial charge in [0, 0.05) is 45.0 Å². The summed E-state index contributed by atoms with van der Waals surface area (Å²) in [4.78, 5) is 35.4. The summed E-state index contributed by atoms with van der Waals surface area (Å²) in [5, 5.41) is 0. The Morgan fingerprint density at radius 1 is 0.532 bits per heavy atom. The van der Waals surface area contributed by atoms with Gasteiger partial charge in [0.15, 0.2) is 0 Å². The summed E-state index contributed by atoms with van der Waals surface area (Å²) < 4.78 is 15.8. The minimum absolute atomic E-state index is 0.247. The average Bonchev–Trinajstić information content (AvgIpc) is 3.07. The lowest BCUT2D eigenvalue weighted by Crippen LogP contribution is -2.09. The molecule has 6 heteroatoms. The van der Waals surface area contributed by atoms with Crippen LogP contribution in [0.15, 0.2) is 128 Å². The molecule has 0 aliphatic rings. The maximum Gasteiger partial charge on any atom is 0.338 e. The van der Waals surface area contributed by atoms with Crippen LogP contribution in [0.2, 0.25) is 0 Å². The minimum Gasteiger partial charge on any atom is -0.423 e. The molecule has 0 aliphatic carbocycles. The number of rotatable bonds is 6. The number of hydrogen-bond acceptors (Lipinski definition) is 6. The van der Waals surface area contributed by atoms with E-state index in [0.717, 1.165) is 22.8 Å². The first-order valence-electron chi connectivity index (χ1n) is 14.2. The lowest BCUT2D eigenvalue weighted by atomic mass is 10.1. The Bertz CT molecular complexity index is 2060. The van der Waals surface area contributed by atoms with Gasteiger partial charge in [-0.3, -0.25) is 0 Å². The van der Waals surface area contributed by atoms with Crippen molar-refractivity contribution in [3.05, 3.63) is 161 Å². The lowest BCUT2D eigenvalue weighted by Gasteiger charge is -2.07. The van der Waals surface area contributed by atoms with Crippen LogP contribution in [0.3, 0.4) is 0 Å². The summed E-state index contributed by atoms with van der Waals surface area (Å²) in [5.41, 5.74) is 4.66. The molecule has 4 rings (SSSR count). The van der Waals surface area contributed by atoms with Crippen molar-refractivity contribution >= 4 is 17.9 Å². The van der Waals surface area contributed by atoms with E-state index in [1.54, 1.807) is 80.6 Å². The molecular weight excluding hydrogens is 588 g/mol. The Morgan fingerprint density at radius 3 is 1.38 bits per heavy atom. The highest BCUT2D eigenvalue weighted by molar-refractivity contribution is 5.89. The summed E-state index contributed by atoms with van der Waals surface area (Å²) in [6.07, 6.45) is 1.09. The summed E-state index contributed by atoms with van der Waals surface area (Å²) in [5.74, 6) is 17.9. The summed E-state index contributed by atoms with van der Waals surface area (Å²) in [6.45, 7) is 13.8. The van der Waals surface area contributed by atoms with Gasteiger partial charge in [0.1, 0.15) is 17.2 Å². The van der Waals surface area contributed by atoms with Crippen LogP contribution in [0.5, 0.6) is 17.2 Å². The van der Waals surface area contributed by atoms with E-state index in [9.17, 15) is 14.4 Å². The smallest absolute Gasteiger partial charge is 0.338 e. The zero-order valence-electron chi connectivity index (χ0n) is 25.8. The molecule has 0 spiro atoms. The van der Waals surface area contributed by atoms with Crippen molar-refractivity contribution in [3.8, 4) is 52.8 Å². The van der Waals surface area contributed by atoms with Crippen LogP contribution in [0.1, 0.15) is 47.2 Å². The Morgan fingerprint density at radius 2 is 0.915 bits per heavy atom. The van der Waals surface area contributed by atoms with E-state index < -0.39 is 17.9 Å². The van der Waals surface area contributed by atoms with Crippen LogP contribution >= 0.6 is 0 Å². The van der Waals surface area contributed by atoms with E-state index in [2.05, 4.69) is 55.3 Å². The average molecular weight is 617 g/mol. The molecule has 0 aromatic heterocycles. The fraction of sp³-hybridized carbons (Fsp3) is 0.0488. The van der Waals surface area contributed by atoms with Crippen LogP contribution in [-0.4, -0.2) is 17.9 Å². The van der Waals surface area contributed by atoms with E-state index in [-0.39, 0.29) is 11.3 Å². The first-order valence-corrected chi connectivity index (χ1v) is 14.2. The van der Waals surface area contributed by atoms with Crippen molar-refractivity contribution in [1.29, 1.82) is 0 Å². The Hall–Kier alpha value is -6.81. The zero-order valence-corrected chi connectivity index (χ0v) is 25.8. The summed E-state index contributed by atoms with van der Waals surface area (Å²) in [6, 6.07) is 26.2. The highest BCUT2D eigenvalue weighted by Crippen LogP contribution is 2.21. The van der Waals surface area contributed by atoms with Gasteiger partial charge in [0.25, 0.3) is 0 Å². The summed E-state index contributed by atoms with van der Waals surface area (Å²) >= 11 is 0. The topological polar surface area (TPSA) is 78.9 Å². The lowest BCUT2D eigenvalue weighted by molar-refractivity contribution is -0.130. The molecule has 4 aromatic carbocycles. The van der Waals surface area contributed by atoms with Crippen molar-refractivity contribution in [2.24, 2.45) is 0 Å². The second-order valence-electron chi connectivity index (χ2n) is 10.1. The van der Waals surface area contributed by atoms with Gasteiger partial charge in [0.05, 0.1) is 5.56 Å². The third kappa shape index (κ3) is 10.1. The molecule has 0 saturated carbocycles. The highest BCUT2D eigenvalue weighted by atomic mass is 16.5. The zero-order chi connectivity index (χ0) is 33.8. The second kappa shape index (κ2) is 15.8. The molecule has 0 bridgehead atoms. The van der Waals surface area contributed by atoms with Crippen LogP contribution in [0, 0.1) is 35.5 Å². The van der Waals surface area contributed by atoms with Crippen molar-refractivity contribution in [1.82, 2.24) is 0 Å². The molecule has 0 amide bonds. The molecule has 0 fully saturated rings. The molecule has 47 heavy (non-hydrogen) atoms. The second-order valence-corrected chi connectivity index (χ2v) is 10.1. The third-order valence-corrected chi connectivity index (χ3v) is 6.11. The predicted octanol–water partition coefficient (Wildman–Crippen LogP) is 6.94. The van der Waals surface area contributed by atoms with Gasteiger partial charge >= 0.3 is 17.9 Å². The van der Waals surface area contributed by atoms with Crippen molar-refractivity contribution in [2.75, 3.05) is 0 Å². The monoisotopic (exact) mass is 616 g/mol. The molecule has 0 saturated heterocycles. The standard InChI is InChI=1S/C41H28O6/c1-6-39(42)45-36-23-17-33(18-24-36)13-14-34-16-22-35(38(27-34)47-41(44)29(4)5)21-15-31-10-7-30(8-11-31)9-12-32-19-25-37(26-20-32)46-40(43)28(2)3/h6-8,10-11,16-20,22-27H,1-2,4H2,3,5H3. The van der Waals surface area contributed by atoms with Gasteiger partial charge in [-0.2, -0.15) is 0 Å². The molecule has 0 N–H and O–H groups in total. The largest absolute Gasteiger partial charge is 0.423 e. The Balaban J connectivity index is 1.49. The van der Waals surface area contributed by atoms with Crippen LogP contribution in [-0.2, 0) is 14.4 Å². The molecule has 4 aromatic rings. The molecule has 0 heterocycles. The van der Waals surface area contributed by atoms with E-state index in [1.807, 2.05) is 24.3 Å². The number of esters is 3. The fourth-order valence-corrected chi connectivity index (χ4v) is 3.60. The van der Waals surface area contributed by atoms with E-state index in [4.69, 9.17) is 14.2 Å². The van der Waals surface area contributed by atoms with E-state index in [0.29, 0.717) is 33.8 Å².